The molecule has 3 saturated heterocycles. The van der Waals surface area contributed by atoms with Crippen LogP contribution in [0.25, 0.3) is 0 Å². The second kappa shape index (κ2) is 6.67. The van der Waals surface area contributed by atoms with E-state index < -0.39 is 11.2 Å². The van der Waals surface area contributed by atoms with Gasteiger partial charge in [0.25, 0.3) is 0 Å². The number of rotatable bonds is 0. The molecule has 0 aromatic rings. The lowest BCUT2D eigenvalue weighted by atomic mass is 9.75. The number of esters is 1. The molecule has 0 saturated carbocycles. The number of hydrogen-bond donors (Lipinski definition) is 2. The van der Waals surface area contributed by atoms with Crippen LogP contribution in [0.1, 0.15) is 65.7 Å². The van der Waals surface area contributed by atoms with Crippen LogP contribution in [0.4, 0.5) is 0 Å². The minimum Gasteiger partial charge on any atom is -0.456 e. The van der Waals surface area contributed by atoms with E-state index in [4.69, 9.17) is 9.47 Å². The minimum atomic E-state index is -0.996. The molecular formula is C20H32O5. The molecule has 7 atom stereocenters. The minimum absolute atomic E-state index is 0.0729. The van der Waals surface area contributed by atoms with Crippen molar-refractivity contribution in [3.63, 3.8) is 0 Å². The van der Waals surface area contributed by atoms with Gasteiger partial charge >= 0.3 is 5.97 Å². The lowest BCUT2D eigenvalue weighted by Gasteiger charge is -2.45. The summed E-state index contributed by atoms with van der Waals surface area (Å²) in [5, 5.41) is 21.6. The lowest BCUT2D eigenvalue weighted by molar-refractivity contribution is -0.209. The Balaban J connectivity index is 1.87. The zero-order valence-corrected chi connectivity index (χ0v) is 15.7. The highest BCUT2D eigenvalue weighted by Gasteiger charge is 2.53. The molecule has 3 fully saturated rings. The smallest absolute Gasteiger partial charge is 0.334 e. The Bertz CT molecular complexity index is 538. The molecular weight excluding hydrogens is 320 g/mol. The molecule has 142 valence electrons. The summed E-state index contributed by atoms with van der Waals surface area (Å²) < 4.78 is 11.9. The average molecular weight is 352 g/mol. The summed E-state index contributed by atoms with van der Waals surface area (Å²) in [4.78, 5) is 12.0. The van der Waals surface area contributed by atoms with Gasteiger partial charge in [0.15, 0.2) is 0 Å². The molecule has 2 bridgehead atoms. The first-order valence-corrected chi connectivity index (χ1v) is 9.61. The van der Waals surface area contributed by atoms with E-state index in [1.165, 1.54) is 0 Å². The Morgan fingerprint density at radius 1 is 1.12 bits per heavy atom. The molecule has 25 heavy (non-hydrogen) atoms. The van der Waals surface area contributed by atoms with Gasteiger partial charge in [-0.25, -0.2) is 4.79 Å². The first kappa shape index (κ1) is 18.9. The number of hydrogen-bond acceptors (Lipinski definition) is 5. The highest BCUT2D eigenvalue weighted by Crippen LogP contribution is 2.44. The van der Waals surface area contributed by atoms with Crippen LogP contribution in [0.3, 0.4) is 0 Å². The number of aliphatic hydroxyl groups is 2. The Morgan fingerprint density at radius 2 is 1.80 bits per heavy atom. The summed E-state index contributed by atoms with van der Waals surface area (Å²) in [6, 6.07) is 0. The maximum absolute atomic E-state index is 12.0. The van der Waals surface area contributed by atoms with Gasteiger partial charge in [-0.15, -0.1) is 0 Å². The van der Waals surface area contributed by atoms with E-state index in [0.29, 0.717) is 24.8 Å². The van der Waals surface area contributed by atoms with Gasteiger partial charge in [-0.05, 0) is 58.3 Å². The number of ether oxygens (including phenoxy) is 2. The highest BCUT2D eigenvalue weighted by atomic mass is 16.6. The Labute approximate surface area is 150 Å². The molecule has 5 nitrogen and oxygen atoms in total. The molecule has 0 aliphatic carbocycles. The maximum atomic E-state index is 12.0. The van der Waals surface area contributed by atoms with Crippen molar-refractivity contribution in [1.82, 2.24) is 0 Å². The van der Waals surface area contributed by atoms with Crippen molar-refractivity contribution in [2.45, 2.75) is 95.2 Å². The van der Waals surface area contributed by atoms with E-state index in [1.807, 2.05) is 6.92 Å². The molecule has 3 aliphatic heterocycles. The van der Waals surface area contributed by atoms with Crippen molar-refractivity contribution >= 4 is 5.97 Å². The topological polar surface area (TPSA) is 76.0 Å². The van der Waals surface area contributed by atoms with Crippen LogP contribution >= 0.6 is 0 Å². The third-order valence-corrected chi connectivity index (χ3v) is 6.49. The summed E-state index contributed by atoms with van der Waals surface area (Å²) in [6.07, 6.45) is 4.18. The normalized spacial score (nSPS) is 48.9. The SMILES string of the molecule is C=C1C(=O)OC2C1CC1OC2C(C)CCCC(C)(O)CCCC1(C)O. The fourth-order valence-corrected chi connectivity index (χ4v) is 4.70. The summed E-state index contributed by atoms with van der Waals surface area (Å²) in [6.45, 7) is 9.72. The summed E-state index contributed by atoms with van der Waals surface area (Å²) in [5.74, 6) is -0.223. The second-order valence-corrected chi connectivity index (χ2v) is 8.90. The van der Waals surface area contributed by atoms with Crippen LogP contribution in [0.5, 0.6) is 0 Å². The standard InChI is InChI=1S/C20H32O5/c1-12-7-5-8-19(3,22)9-6-10-20(4,23)15-11-14-13(2)18(21)25-17(14)16(12)24-15/h12,14-17,22-23H,2,5-11H2,1,3-4H3. The second-order valence-electron chi connectivity index (χ2n) is 8.90. The molecule has 7 unspecified atom stereocenters. The van der Waals surface area contributed by atoms with Crippen LogP contribution in [0.2, 0.25) is 0 Å². The van der Waals surface area contributed by atoms with Crippen LogP contribution in [-0.4, -0.2) is 45.7 Å². The summed E-state index contributed by atoms with van der Waals surface area (Å²) in [5.41, 5.74) is -1.17. The third kappa shape index (κ3) is 3.79. The average Bonchev–Trinajstić information content (AvgIpc) is 2.80. The predicted molar refractivity (Wildman–Crippen MR) is 93.9 cm³/mol. The Morgan fingerprint density at radius 3 is 2.52 bits per heavy atom. The Kier molecular flexibility index (Phi) is 5.04. The first-order chi connectivity index (χ1) is 11.6. The van der Waals surface area contributed by atoms with Crippen molar-refractivity contribution in [3.05, 3.63) is 12.2 Å². The fourth-order valence-electron chi connectivity index (χ4n) is 4.70. The van der Waals surface area contributed by atoms with Crippen molar-refractivity contribution in [2.24, 2.45) is 11.8 Å². The largest absolute Gasteiger partial charge is 0.456 e. The third-order valence-electron chi connectivity index (χ3n) is 6.49. The molecule has 3 rings (SSSR count). The highest BCUT2D eigenvalue weighted by molar-refractivity contribution is 5.90. The molecule has 3 heterocycles. The first-order valence-electron chi connectivity index (χ1n) is 9.61. The molecule has 3 aliphatic rings. The zero-order chi connectivity index (χ0) is 18.4. The van der Waals surface area contributed by atoms with Crippen LogP contribution in [-0.2, 0) is 14.3 Å². The van der Waals surface area contributed by atoms with E-state index in [9.17, 15) is 15.0 Å². The molecule has 0 aromatic carbocycles. The van der Waals surface area contributed by atoms with Crippen LogP contribution in [0.15, 0.2) is 12.2 Å². The van der Waals surface area contributed by atoms with E-state index in [2.05, 4.69) is 13.5 Å². The number of fused-ring (bicyclic) bond motifs is 4. The molecule has 5 heteroatoms. The van der Waals surface area contributed by atoms with Gasteiger partial charge in [0, 0.05) is 11.5 Å². The number of carbonyl (C=O) groups is 1. The molecule has 0 spiro atoms. The van der Waals surface area contributed by atoms with E-state index in [1.54, 1.807) is 6.92 Å². The Hall–Kier alpha value is -0.910. The molecule has 0 radical (unpaired) electrons. The van der Waals surface area contributed by atoms with Gasteiger partial charge in [-0.3, -0.25) is 0 Å². The molecule has 0 amide bonds. The zero-order valence-electron chi connectivity index (χ0n) is 15.7. The monoisotopic (exact) mass is 352 g/mol. The fraction of sp³-hybridized carbons (Fsp3) is 0.850. The van der Waals surface area contributed by atoms with Crippen LogP contribution in [0, 0.1) is 11.8 Å². The van der Waals surface area contributed by atoms with Crippen molar-refractivity contribution < 1.29 is 24.5 Å². The predicted octanol–water partition coefficient (Wildman–Crippen LogP) is 2.73. The van der Waals surface area contributed by atoms with Gasteiger partial charge in [0.2, 0.25) is 0 Å². The summed E-state index contributed by atoms with van der Waals surface area (Å²) >= 11 is 0. The van der Waals surface area contributed by atoms with E-state index in [-0.39, 0.29) is 36.1 Å². The van der Waals surface area contributed by atoms with Gasteiger partial charge in [0.05, 0.1) is 23.4 Å². The quantitative estimate of drug-likeness (QED) is 0.518. The van der Waals surface area contributed by atoms with Gasteiger partial charge in [0.1, 0.15) is 6.10 Å². The lowest BCUT2D eigenvalue weighted by Crippen LogP contribution is -2.54. The maximum Gasteiger partial charge on any atom is 0.334 e. The van der Waals surface area contributed by atoms with Gasteiger partial charge < -0.3 is 19.7 Å². The summed E-state index contributed by atoms with van der Waals surface area (Å²) in [7, 11) is 0. The van der Waals surface area contributed by atoms with Crippen molar-refractivity contribution in [1.29, 1.82) is 0 Å². The van der Waals surface area contributed by atoms with Gasteiger partial charge in [-0.1, -0.05) is 19.9 Å². The van der Waals surface area contributed by atoms with E-state index in [0.717, 1.165) is 25.7 Å². The molecule has 2 N–H and O–H groups in total. The number of carbonyl (C=O) groups excluding carboxylic acids is 1. The van der Waals surface area contributed by atoms with Crippen molar-refractivity contribution in [3.8, 4) is 0 Å². The van der Waals surface area contributed by atoms with E-state index >= 15 is 0 Å². The van der Waals surface area contributed by atoms with Crippen molar-refractivity contribution in [2.75, 3.05) is 0 Å². The van der Waals surface area contributed by atoms with Gasteiger partial charge in [-0.2, -0.15) is 0 Å². The molecule has 0 aromatic heterocycles. The van der Waals surface area contributed by atoms with Crippen LogP contribution < -0.4 is 0 Å².